The van der Waals surface area contributed by atoms with Crippen LogP contribution in [0, 0.1) is 6.92 Å². The van der Waals surface area contributed by atoms with Crippen LogP contribution in [0.1, 0.15) is 11.3 Å². The van der Waals surface area contributed by atoms with E-state index in [-0.39, 0.29) is 11.3 Å². The van der Waals surface area contributed by atoms with Gasteiger partial charge < -0.3 is 4.90 Å². The summed E-state index contributed by atoms with van der Waals surface area (Å²) in [5.41, 5.74) is 1.06. The van der Waals surface area contributed by atoms with Gasteiger partial charge in [0.1, 0.15) is 11.4 Å². The second-order valence-electron chi connectivity index (χ2n) is 5.34. The summed E-state index contributed by atoms with van der Waals surface area (Å²) in [4.78, 5) is 28.9. The van der Waals surface area contributed by atoms with Crippen molar-refractivity contribution in [3.8, 4) is 0 Å². The number of pyridine rings is 1. The van der Waals surface area contributed by atoms with Crippen molar-refractivity contribution in [2.45, 2.75) is 12.7 Å². The van der Waals surface area contributed by atoms with Crippen molar-refractivity contribution in [1.29, 1.82) is 0 Å². The second-order valence-corrected chi connectivity index (χ2v) is 7.41. The van der Waals surface area contributed by atoms with E-state index >= 15 is 0 Å². The van der Waals surface area contributed by atoms with E-state index in [1.54, 1.807) is 18.3 Å². The van der Waals surface area contributed by atoms with Gasteiger partial charge in [0.2, 0.25) is 5.91 Å². The molecule has 2 rings (SSSR count). The Labute approximate surface area is 128 Å². The van der Waals surface area contributed by atoms with E-state index in [9.17, 15) is 18.0 Å². The first-order valence-electron chi connectivity index (χ1n) is 6.57. The number of aromatic nitrogens is 2. The molecule has 0 aliphatic carbocycles. The van der Waals surface area contributed by atoms with Crippen LogP contribution in [0.4, 0.5) is 0 Å². The number of nitrogens with zero attached hydrogens (tertiary/aromatic N) is 3. The van der Waals surface area contributed by atoms with Crippen LogP contribution < -0.4 is 5.56 Å². The van der Waals surface area contributed by atoms with Crippen LogP contribution in [-0.2, 0) is 20.4 Å². The molecule has 0 aliphatic rings. The average molecular weight is 323 g/mol. The number of carbonyl (C=O) groups is 1. The predicted molar refractivity (Wildman–Crippen MR) is 82.4 cm³/mol. The number of carbonyl (C=O) groups excluding carboxylic acids is 1. The summed E-state index contributed by atoms with van der Waals surface area (Å²) in [7, 11) is -0.700. The van der Waals surface area contributed by atoms with Gasteiger partial charge in [0, 0.05) is 26.4 Å². The summed E-state index contributed by atoms with van der Waals surface area (Å²) in [6.45, 7) is 1.84. The Balaban J connectivity index is 2.34. The summed E-state index contributed by atoms with van der Waals surface area (Å²) < 4.78 is 25.4. The fourth-order valence-corrected chi connectivity index (χ4v) is 3.26. The Morgan fingerprint density at radius 1 is 1.32 bits per heavy atom. The maximum absolute atomic E-state index is 12.0. The molecule has 0 N–H and O–H groups in total. The third kappa shape index (κ3) is 3.70. The van der Waals surface area contributed by atoms with Gasteiger partial charge in [-0.1, -0.05) is 6.07 Å². The minimum absolute atomic E-state index is 0.139. The van der Waals surface area contributed by atoms with Gasteiger partial charge in [-0.25, -0.2) is 13.4 Å². The molecule has 22 heavy (non-hydrogen) atoms. The minimum atomic E-state index is -3.67. The van der Waals surface area contributed by atoms with Crippen LogP contribution >= 0.6 is 0 Å². The SMILES string of the molecule is Cc1ccc2nc(CS(=O)(=O)CC(=O)N(C)C)cc(=O)n2c1. The lowest BCUT2D eigenvalue weighted by molar-refractivity contribution is -0.125. The molecular weight excluding hydrogens is 306 g/mol. The van der Waals surface area contributed by atoms with Gasteiger partial charge in [-0.2, -0.15) is 0 Å². The standard InChI is InChI=1S/C14H17N3O4S/c1-10-4-5-12-15-11(6-13(18)17(12)7-10)8-22(20,21)9-14(19)16(2)3/h4-7H,8-9H2,1-3H3. The molecule has 0 radical (unpaired) electrons. The molecule has 0 fully saturated rings. The molecule has 7 nitrogen and oxygen atoms in total. The normalized spacial score (nSPS) is 11.6. The van der Waals surface area contributed by atoms with Gasteiger partial charge in [0.15, 0.2) is 9.84 Å². The van der Waals surface area contributed by atoms with Gasteiger partial charge in [-0.15, -0.1) is 0 Å². The maximum atomic E-state index is 12.0. The quantitative estimate of drug-likeness (QED) is 0.790. The van der Waals surface area contributed by atoms with Crippen LogP contribution in [0.3, 0.4) is 0 Å². The van der Waals surface area contributed by atoms with Gasteiger partial charge in [0.05, 0.1) is 11.4 Å². The summed E-state index contributed by atoms with van der Waals surface area (Å²) in [5, 5.41) is 0. The van der Waals surface area contributed by atoms with Crippen molar-refractivity contribution in [2.75, 3.05) is 19.8 Å². The van der Waals surface area contributed by atoms with Crippen molar-refractivity contribution in [3.63, 3.8) is 0 Å². The topological polar surface area (TPSA) is 88.8 Å². The molecule has 0 bridgehead atoms. The fraction of sp³-hybridized carbons (Fsp3) is 0.357. The van der Waals surface area contributed by atoms with Gasteiger partial charge in [-0.05, 0) is 18.6 Å². The molecule has 0 atom stereocenters. The number of fused-ring (bicyclic) bond motifs is 1. The van der Waals surface area contributed by atoms with E-state index in [0.717, 1.165) is 5.56 Å². The van der Waals surface area contributed by atoms with E-state index in [0.29, 0.717) is 5.65 Å². The number of hydrogen-bond donors (Lipinski definition) is 0. The number of hydrogen-bond acceptors (Lipinski definition) is 5. The summed E-state index contributed by atoms with van der Waals surface area (Å²) in [6, 6.07) is 4.62. The van der Waals surface area contributed by atoms with Crippen LogP contribution in [0.25, 0.3) is 5.65 Å². The molecule has 0 saturated heterocycles. The number of sulfone groups is 1. The first-order chi connectivity index (χ1) is 10.2. The molecule has 0 unspecified atom stereocenters. The van der Waals surface area contributed by atoms with Gasteiger partial charge in [-0.3, -0.25) is 14.0 Å². The zero-order valence-electron chi connectivity index (χ0n) is 12.6. The first kappa shape index (κ1) is 16.2. The van der Waals surface area contributed by atoms with Crippen LogP contribution in [-0.4, -0.2) is 48.5 Å². The lowest BCUT2D eigenvalue weighted by Crippen LogP contribution is -2.30. The Kier molecular flexibility index (Phi) is 4.32. The van der Waals surface area contributed by atoms with E-state index in [1.165, 1.54) is 29.5 Å². The monoisotopic (exact) mass is 323 g/mol. The van der Waals surface area contributed by atoms with Gasteiger partial charge >= 0.3 is 0 Å². The highest BCUT2D eigenvalue weighted by Crippen LogP contribution is 2.06. The van der Waals surface area contributed by atoms with Crippen molar-refractivity contribution in [2.24, 2.45) is 0 Å². The first-order valence-corrected chi connectivity index (χ1v) is 8.39. The van der Waals surface area contributed by atoms with E-state index in [4.69, 9.17) is 0 Å². The molecule has 8 heteroatoms. The number of amides is 1. The van der Waals surface area contributed by atoms with Crippen molar-refractivity contribution in [1.82, 2.24) is 14.3 Å². The molecule has 2 heterocycles. The molecular formula is C14H17N3O4S. The summed E-state index contributed by atoms with van der Waals surface area (Å²) in [5.74, 6) is -1.55. The third-order valence-corrected chi connectivity index (χ3v) is 4.49. The number of rotatable bonds is 4. The highest BCUT2D eigenvalue weighted by atomic mass is 32.2. The van der Waals surface area contributed by atoms with E-state index in [2.05, 4.69) is 4.98 Å². The number of aryl methyl sites for hydroxylation is 1. The largest absolute Gasteiger partial charge is 0.348 e. The summed E-state index contributed by atoms with van der Waals surface area (Å²) >= 11 is 0. The Bertz CT molecular complexity index is 885. The Morgan fingerprint density at radius 3 is 2.64 bits per heavy atom. The molecule has 0 saturated carbocycles. The Morgan fingerprint density at radius 2 is 2.00 bits per heavy atom. The maximum Gasteiger partial charge on any atom is 0.258 e. The van der Waals surface area contributed by atoms with Crippen molar-refractivity contribution < 1.29 is 13.2 Å². The fourth-order valence-electron chi connectivity index (χ4n) is 1.93. The van der Waals surface area contributed by atoms with Crippen molar-refractivity contribution >= 4 is 21.4 Å². The third-order valence-electron chi connectivity index (χ3n) is 3.07. The smallest absolute Gasteiger partial charge is 0.258 e. The lowest BCUT2D eigenvalue weighted by Gasteiger charge is -2.10. The second kappa shape index (κ2) is 5.88. The minimum Gasteiger partial charge on any atom is -0.348 e. The molecule has 2 aromatic rings. The molecule has 0 aromatic carbocycles. The highest BCUT2D eigenvalue weighted by molar-refractivity contribution is 7.91. The molecule has 118 valence electrons. The zero-order valence-corrected chi connectivity index (χ0v) is 13.4. The molecule has 0 spiro atoms. The Hall–Kier alpha value is -2.22. The van der Waals surface area contributed by atoms with E-state index in [1.807, 2.05) is 6.92 Å². The predicted octanol–water partition coefficient (Wildman–Crippen LogP) is 0.00592. The van der Waals surface area contributed by atoms with Crippen molar-refractivity contribution in [3.05, 3.63) is 46.0 Å². The van der Waals surface area contributed by atoms with Crippen LogP contribution in [0.2, 0.25) is 0 Å². The van der Waals surface area contributed by atoms with E-state index < -0.39 is 27.3 Å². The highest BCUT2D eigenvalue weighted by Gasteiger charge is 2.20. The lowest BCUT2D eigenvalue weighted by atomic mass is 10.3. The van der Waals surface area contributed by atoms with Crippen LogP contribution in [0.15, 0.2) is 29.2 Å². The van der Waals surface area contributed by atoms with Gasteiger partial charge in [0.25, 0.3) is 5.56 Å². The average Bonchev–Trinajstić information content (AvgIpc) is 2.38. The molecule has 2 aromatic heterocycles. The molecule has 1 amide bonds. The zero-order chi connectivity index (χ0) is 16.5. The van der Waals surface area contributed by atoms with Crippen LogP contribution in [0.5, 0.6) is 0 Å². The summed E-state index contributed by atoms with van der Waals surface area (Å²) in [6.07, 6.45) is 1.64. The molecule has 0 aliphatic heterocycles.